The molecule has 3 rings (SSSR count). The maximum atomic E-state index is 10.7. The molecule has 0 unspecified atom stereocenters. The molecule has 1 aromatic carbocycles. The number of halogens is 1. The van der Waals surface area contributed by atoms with Gasteiger partial charge in [-0.25, -0.2) is 0 Å². The van der Waals surface area contributed by atoms with E-state index in [1.165, 1.54) is 9.77 Å². The van der Waals surface area contributed by atoms with Crippen molar-refractivity contribution in [3.8, 4) is 6.01 Å². The number of benzene rings is 1. The Labute approximate surface area is 134 Å². The number of hydrogen-bond donors (Lipinski definition) is 0. The van der Waals surface area contributed by atoms with Crippen molar-refractivity contribution >= 4 is 28.4 Å². The van der Waals surface area contributed by atoms with Gasteiger partial charge in [0.2, 0.25) is 0 Å². The molecule has 0 saturated heterocycles. The molecule has 1 aliphatic rings. The second kappa shape index (κ2) is 5.98. The van der Waals surface area contributed by atoms with Gasteiger partial charge in [-0.3, -0.25) is 4.57 Å². The monoisotopic (exact) mass is 401 g/mol. The Morgan fingerprint density at radius 3 is 2.95 bits per heavy atom. The molecule has 110 valence electrons. The molecule has 0 saturated carbocycles. The van der Waals surface area contributed by atoms with Crippen molar-refractivity contribution in [2.45, 2.75) is 19.3 Å². The number of rotatable bonds is 4. The topological polar surface area (TPSA) is 79.4 Å². The fraction of sp³-hybridized carbons (Fsp3) is 0.308. The number of nitro groups is 1. The Hall–Kier alpha value is -1.68. The molecule has 0 spiro atoms. The smallest absolute Gasteiger partial charge is 0.414 e. The number of nitrogens with zero attached hydrogens (tertiary/aromatic N) is 3. The van der Waals surface area contributed by atoms with E-state index in [9.17, 15) is 10.1 Å². The Kier molecular flexibility index (Phi) is 4.06. The van der Waals surface area contributed by atoms with Crippen LogP contribution < -0.4 is 4.74 Å². The van der Waals surface area contributed by atoms with E-state index >= 15 is 0 Å². The molecule has 0 N–H and O–H groups in total. The van der Waals surface area contributed by atoms with Crippen LogP contribution in [-0.2, 0) is 17.9 Å². The molecule has 1 atom stereocenters. The van der Waals surface area contributed by atoms with Crippen LogP contribution in [0.15, 0.2) is 30.5 Å². The number of aromatic nitrogens is 2. The van der Waals surface area contributed by atoms with Crippen LogP contribution >= 0.6 is 22.6 Å². The zero-order valence-corrected chi connectivity index (χ0v) is 13.1. The lowest BCUT2D eigenvalue weighted by atomic mass is 10.2. The van der Waals surface area contributed by atoms with Crippen molar-refractivity contribution in [2.24, 2.45) is 0 Å². The molecule has 0 aliphatic carbocycles. The average Bonchev–Trinajstić information content (AvgIpc) is 2.90. The first-order valence-electron chi connectivity index (χ1n) is 6.32. The van der Waals surface area contributed by atoms with E-state index in [1.54, 1.807) is 4.57 Å². The maximum absolute atomic E-state index is 10.7. The number of imidazole rings is 1. The summed E-state index contributed by atoms with van der Waals surface area (Å²) in [5, 5.41) is 10.7. The van der Waals surface area contributed by atoms with Gasteiger partial charge in [-0.05, 0) is 45.2 Å². The summed E-state index contributed by atoms with van der Waals surface area (Å²) < 4.78 is 14.0. The average molecular weight is 401 g/mol. The summed E-state index contributed by atoms with van der Waals surface area (Å²) in [5.74, 6) is -0.205. The first-order valence-corrected chi connectivity index (χ1v) is 7.40. The van der Waals surface area contributed by atoms with E-state index in [0.717, 1.165) is 5.56 Å². The highest BCUT2D eigenvalue weighted by Gasteiger charge is 2.28. The molecule has 1 aliphatic heterocycles. The minimum atomic E-state index is -0.532. The standard InChI is InChI=1S/C13H12IN3O4/c14-10-3-1-9(2-4-10)7-20-11-5-16-6-12(17(18)19)15-13(16)21-8-11/h1-4,6,11H,5,7-8H2/t11-/m0/s1. The van der Waals surface area contributed by atoms with Crippen LogP contribution in [0, 0.1) is 13.7 Å². The third-order valence-corrected chi connectivity index (χ3v) is 3.83. The van der Waals surface area contributed by atoms with Gasteiger partial charge in [0.25, 0.3) is 0 Å². The van der Waals surface area contributed by atoms with Crippen molar-refractivity contribution in [1.29, 1.82) is 0 Å². The van der Waals surface area contributed by atoms with Gasteiger partial charge in [0.1, 0.15) is 18.9 Å². The quantitative estimate of drug-likeness (QED) is 0.447. The Morgan fingerprint density at radius 1 is 1.48 bits per heavy atom. The predicted molar refractivity (Wildman–Crippen MR) is 82.1 cm³/mol. The number of fused-ring (bicyclic) bond motifs is 1. The SMILES string of the molecule is O=[N+]([O-])c1cn2c(n1)OC[C@@H](OCc1ccc(I)cc1)C2. The summed E-state index contributed by atoms with van der Waals surface area (Å²) in [6.45, 7) is 1.33. The summed E-state index contributed by atoms with van der Waals surface area (Å²) in [4.78, 5) is 13.9. The molecular weight excluding hydrogens is 389 g/mol. The van der Waals surface area contributed by atoms with E-state index in [0.29, 0.717) is 19.8 Å². The van der Waals surface area contributed by atoms with Gasteiger partial charge in [-0.15, -0.1) is 0 Å². The molecule has 0 fully saturated rings. The fourth-order valence-electron chi connectivity index (χ4n) is 2.05. The van der Waals surface area contributed by atoms with Crippen LogP contribution in [0.4, 0.5) is 5.82 Å². The molecule has 21 heavy (non-hydrogen) atoms. The summed E-state index contributed by atoms with van der Waals surface area (Å²) in [6.07, 6.45) is 1.22. The zero-order valence-electron chi connectivity index (χ0n) is 10.9. The van der Waals surface area contributed by atoms with Gasteiger partial charge >= 0.3 is 11.8 Å². The lowest BCUT2D eigenvalue weighted by Gasteiger charge is -2.22. The van der Waals surface area contributed by atoms with Crippen LogP contribution in [0.25, 0.3) is 0 Å². The molecule has 7 nitrogen and oxygen atoms in total. The Morgan fingerprint density at radius 2 is 2.24 bits per heavy atom. The number of ether oxygens (including phenoxy) is 2. The summed E-state index contributed by atoms with van der Waals surface area (Å²) in [7, 11) is 0. The van der Waals surface area contributed by atoms with Crippen molar-refractivity contribution in [3.63, 3.8) is 0 Å². The first-order chi connectivity index (χ1) is 10.1. The summed E-state index contributed by atoms with van der Waals surface area (Å²) in [6, 6.07) is 8.34. The third kappa shape index (κ3) is 3.32. The van der Waals surface area contributed by atoms with Crippen molar-refractivity contribution in [2.75, 3.05) is 6.61 Å². The van der Waals surface area contributed by atoms with Gasteiger partial charge < -0.3 is 19.6 Å². The maximum Gasteiger partial charge on any atom is 0.414 e. The van der Waals surface area contributed by atoms with Crippen molar-refractivity contribution < 1.29 is 14.4 Å². The fourth-order valence-corrected chi connectivity index (χ4v) is 2.41. The van der Waals surface area contributed by atoms with Gasteiger partial charge in [-0.2, -0.15) is 0 Å². The van der Waals surface area contributed by atoms with Crippen LogP contribution in [0.2, 0.25) is 0 Å². The lowest BCUT2D eigenvalue weighted by molar-refractivity contribution is -0.389. The van der Waals surface area contributed by atoms with Gasteiger partial charge in [-0.1, -0.05) is 12.1 Å². The Balaban J connectivity index is 1.61. The summed E-state index contributed by atoms with van der Waals surface area (Å²) >= 11 is 2.25. The van der Waals surface area contributed by atoms with Crippen LogP contribution in [0.1, 0.15) is 5.56 Å². The van der Waals surface area contributed by atoms with E-state index in [2.05, 4.69) is 27.6 Å². The highest BCUT2D eigenvalue weighted by Crippen LogP contribution is 2.22. The minimum absolute atomic E-state index is 0.148. The van der Waals surface area contributed by atoms with E-state index < -0.39 is 4.92 Å². The zero-order chi connectivity index (χ0) is 14.8. The number of hydrogen-bond acceptors (Lipinski definition) is 5. The van der Waals surface area contributed by atoms with Gasteiger partial charge in [0.15, 0.2) is 0 Å². The predicted octanol–water partition coefficient (Wildman–Crippen LogP) is 2.37. The van der Waals surface area contributed by atoms with E-state index in [-0.39, 0.29) is 17.9 Å². The summed E-state index contributed by atoms with van der Waals surface area (Å²) in [5.41, 5.74) is 1.08. The van der Waals surface area contributed by atoms with Crippen molar-refractivity contribution in [3.05, 3.63) is 49.7 Å². The molecule has 2 aromatic rings. The van der Waals surface area contributed by atoms with E-state index in [4.69, 9.17) is 9.47 Å². The molecule has 8 heteroatoms. The largest absolute Gasteiger partial charge is 0.443 e. The molecule has 1 aromatic heterocycles. The highest BCUT2D eigenvalue weighted by molar-refractivity contribution is 14.1. The van der Waals surface area contributed by atoms with Gasteiger partial charge in [0, 0.05) is 8.55 Å². The second-order valence-corrected chi connectivity index (χ2v) is 5.91. The Bertz CT molecular complexity index is 656. The van der Waals surface area contributed by atoms with Crippen molar-refractivity contribution in [1.82, 2.24) is 9.55 Å². The van der Waals surface area contributed by atoms with Crippen LogP contribution in [0.3, 0.4) is 0 Å². The molecule has 0 radical (unpaired) electrons. The third-order valence-electron chi connectivity index (χ3n) is 3.11. The molecule has 0 bridgehead atoms. The van der Waals surface area contributed by atoms with Gasteiger partial charge in [0.05, 0.1) is 13.2 Å². The molecule has 2 heterocycles. The normalized spacial score (nSPS) is 17.1. The minimum Gasteiger partial charge on any atom is -0.443 e. The highest BCUT2D eigenvalue weighted by atomic mass is 127. The molecule has 0 amide bonds. The van der Waals surface area contributed by atoms with E-state index in [1.807, 2.05) is 24.3 Å². The second-order valence-electron chi connectivity index (χ2n) is 4.66. The lowest BCUT2D eigenvalue weighted by Crippen LogP contribution is -2.32. The molecular formula is C13H12IN3O4. The first kappa shape index (κ1) is 14.3. The van der Waals surface area contributed by atoms with Crippen LogP contribution in [0.5, 0.6) is 6.01 Å². The van der Waals surface area contributed by atoms with Crippen LogP contribution in [-0.4, -0.2) is 27.2 Å².